The first-order valence-corrected chi connectivity index (χ1v) is 7.57. The van der Waals surface area contributed by atoms with Gasteiger partial charge in [0.1, 0.15) is 11.2 Å². The number of hydrogen-bond acceptors (Lipinski definition) is 3. The lowest BCUT2D eigenvalue weighted by molar-refractivity contribution is -0.131. The lowest BCUT2D eigenvalue weighted by Crippen LogP contribution is -2.46. The third-order valence-corrected chi connectivity index (χ3v) is 3.92. The number of aromatic nitrogens is 1. The molecule has 108 valence electrons. The number of amides is 2. The van der Waals surface area contributed by atoms with Gasteiger partial charge in [0.2, 0.25) is 5.91 Å². The fourth-order valence-electron chi connectivity index (χ4n) is 2.13. The molecule has 1 aliphatic rings. The molecule has 1 aromatic heterocycles. The summed E-state index contributed by atoms with van der Waals surface area (Å²) in [4.78, 5) is 29.9. The molecule has 2 amide bonds. The topological polar surface area (TPSA) is 62.3 Å². The number of likely N-dealkylation sites (tertiary alicyclic amines) is 1. The van der Waals surface area contributed by atoms with Crippen molar-refractivity contribution in [3.8, 4) is 0 Å². The summed E-state index contributed by atoms with van der Waals surface area (Å²) in [7, 11) is 0. The molecule has 1 aromatic rings. The van der Waals surface area contributed by atoms with Gasteiger partial charge in [-0.2, -0.15) is 0 Å². The Kier molecular flexibility index (Phi) is 4.99. The van der Waals surface area contributed by atoms with Crippen molar-refractivity contribution in [3.05, 3.63) is 27.5 Å². The minimum Gasteiger partial charge on any atom is -0.341 e. The fraction of sp³-hybridized carbons (Fsp3) is 0.462. The number of carbonyl (C=O) groups is 2. The molecule has 0 spiro atoms. The molecule has 5 nitrogen and oxygen atoms in total. The molecule has 0 aliphatic carbocycles. The van der Waals surface area contributed by atoms with Crippen molar-refractivity contribution in [1.29, 1.82) is 0 Å². The van der Waals surface area contributed by atoms with Crippen LogP contribution < -0.4 is 5.32 Å². The molecule has 1 unspecified atom stereocenters. The van der Waals surface area contributed by atoms with Crippen LogP contribution in [-0.2, 0) is 4.79 Å². The Bertz CT molecular complexity index is 532. The number of nitrogens with one attached hydrogen (secondary N) is 1. The summed E-state index contributed by atoms with van der Waals surface area (Å²) in [6, 6.07) is 1.01. The Morgan fingerprint density at radius 1 is 1.45 bits per heavy atom. The number of pyridine rings is 1. The monoisotopic (exact) mass is 359 g/mol. The van der Waals surface area contributed by atoms with Gasteiger partial charge in [-0.25, -0.2) is 4.98 Å². The Morgan fingerprint density at radius 2 is 2.10 bits per heavy atom. The van der Waals surface area contributed by atoms with Crippen molar-refractivity contribution in [1.82, 2.24) is 15.2 Å². The van der Waals surface area contributed by atoms with Gasteiger partial charge in [0.05, 0.1) is 5.56 Å². The van der Waals surface area contributed by atoms with E-state index in [4.69, 9.17) is 11.6 Å². The second kappa shape index (κ2) is 6.54. The van der Waals surface area contributed by atoms with Crippen LogP contribution in [0.2, 0.25) is 5.15 Å². The van der Waals surface area contributed by atoms with Crippen LogP contribution in [0.5, 0.6) is 0 Å². The first-order valence-electron chi connectivity index (χ1n) is 6.39. The zero-order chi connectivity index (χ0) is 14.7. The largest absolute Gasteiger partial charge is 0.341 e. The van der Waals surface area contributed by atoms with Crippen molar-refractivity contribution < 1.29 is 9.59 Å². The minimum atomic E-state index is -0.573. The Balaban J connectivity index is 2.03. The number of hydrogen-bond donors (Lipinski definition) is 1. The molecule has 1 saturated heterocycles. The second-order valence-electron chi connectivity index (χ2n) is 4.72. The Morgan fingerprint density at radius 3 is 2.75 bits per heavy atom. The molecule has 2 rings (SSSR count). The van der Waals surface area contributed by atoms with Gasteiger partial charge >= 0.3 is 0 Å². The maximum absolute atomic E-state index is 12.1. The van der Waals surface area contributed by atoms with Crippen molar-refractivity contribution in [2.75, 3.05) is 13.1 Å². The fourth-order valence-corrected chi connectivity index (χ4v) is 2.65. The molecule has 0 saturated carbocycles. The zero-order valence-corrected chi connectivity index (χ0v) is 13.4. The maximum atomic E-state index is 12.1. The van der Waals surface area contributed by atoms with E-state index in [-0.39, 0.29) is 16.6 Å². The maximum Gasteiger partial charge on any atom is 0.255 e. The molecule has 0 bridgehead atoms. The third-order valence-electron chi connectivity index (χ3n) is 3.19. The van der Waals surface area contributed by atoms with Gasteiger partial charge in [-0.05, 0) is 41.8 Å². The van der Waals surface area contributed by atoms with E-state index in [1.54, 1.807) is 17.9 Å². The smallest absolute Gasteiger partial charge is 0.255 e. The van der Waals surface area contributed by atoms with Crippen LogP contribution in [-0.4, -0.2) is 40.8 Å². The highest BCUT2D eigenvalue weighted by Crippen LogP contribution is 2.18. The minimum absolute atomic E-state index is 0.0603. The van der Waals surface area contributed by atoms with E-state index in [1.165, 1.54) is 6.20 Å². The standard InChI is InChI=1S/C13H15BrClN3O2/c1-8(13(20)18-4-2-3-5-18)17-12(19)10-6-9(14)7-16-11(10)15/h6-8H,2-5H2,1H3,(H,17,19). The van der Waals surface area contributed by atoms with Crippen LogP contribution in [0.15, 0.2) is 16.7 Å². The predicted molar refractivity (Wildman–Crippen MR) is 79.7 cm³/mol. The van der Waals surface area contributed by atoms with Crippen LogP contribution in [0.3, 0.4) is 0 Å². The average Bonchev–Trinajstić information content (AvgIpc) is 2.94. The molecule has 1 atom stereocenters. The average molecular weight is 361 g/mol. The molecule has 20 heavy (non-hydrogen) atoms. The van der Waals surface area contributed by atoms with E-state index in [0.717, 1.165) is 25.9 Å². The van der Waals surface area contributed by atoms with E-state index in [0.29, 0.717) is 4.47 Å². The Labute approximate surface area is 130 Å². The predicted octanol–water partition coefficient (Wildman–Crippen LogP) is 2.24. The van der Waals surface area contributed by atoms with E-state index in [9.17, 15) is 9.59 Å². The van der Waals surface area contributed by atoms with Gasteiger partial charge in [-0.15, -0.1) is 0 Å². The molecule has 1 N–H and O–H groups in total. The van der Waals surface area contributed by atoms with Crippen molar-refractivity contribution in [3.63, 3.8) is 0 Å². The van der Waals surface area contributed by atoms with Crippen LogP contribution in [0.25, 0.3) is 0 Å². The van der Waals surface area contributed by atoms with E-state index in [1.807, 2.05) is 0 Å². The molecule has 7 heteroatoms. The van der Waals surface area contributed by atoms with Crippen molar-refractivity contribution >= 4 is 39.3 Å². The second-order valence-corrected chi connectivity index (χ2v) is 5.99. The van der Waals surface area contributed by atoms with Crippen LogP contribution in [0.1, 0.15) is 30.1 Å². The highest BCUT2D eigenvalue weighted by Gasteiger charge is 2.25. The number of halogens is 2. The highest BCUT2D eigenvalue weighted by atomic mass is 79.9. The number of nitrogens with zero attached hydrogens (tertiary/aromatic N) is 2. The summed E-state index contributed by atoms with van der Waals surface area (Å²) in [5.74, 6) is -0.459. The first-order chi connectivity index (χ1) is 9.49. The lowest BCUT2D eigenvalue weighted by Gasteiger charge is -2.21. The number of carbonyl (C=O) groups excluding carboxylic acids is 2. The first kappa shape index (κ1) is 15.3. The summed E-state index contributed by atoms with van der Waals surface area (Å²) >= 11 is 9.13. The summed E-state index contributed by atoms with van der Waals surface area (Å²) in [6.07, 6.45) is 3.56. The normalized spacial score (nSPS) is 16.1. The van der Waals surface area contributed by atoms with Gasteiger partial charge in [-0.1, -0.05) is 11.6 Å². The molecule has 1 aliphatic heterocycles. The van der Waals surface area contributed by atoms with Crippen LogP contribution >= 0.6 is 27.5 Å². The molecule has 2 heterocycles. The van der Waals surface area contributed by atoms with Crippen molar-refractivity contribution in [2.45, 2.75) is 25.8 Å². The van der Waals surface area contributed by atoms with Gasteiger partial charge in [-0.3, -0.25) is 9.59 Å². The van der Waals surface area contributed by atoms with Gasteiger partial charge in [0.25, 0.3) is 5.91 Å². The summed E-state index contributed by atoms with van der Waals surface area (Å²) in [5.41, 5.74) is 0.252. The summed E-state index contributed by atoms with van der Waals surface area (Å²) in [6.45, 7) is 3.20. The third kappa shape index (κ3) is 3.49. The summed E-state index contributed by atoms with van der Waals surface area (Å²) < 4.78 is 0.658. The van der Waals surface area contributed by atoms with E-state index < -0.39 is 11.9 Å². The molecular weight excluding hydrogens is 346 g/mol. The van der Waals surface area contributed by atoms with Gasteiger partial charge in [0.15, 0.2) is 0 Å². The Hall–Kier alpha value is -1.14. The summed E-state index contributed by atoms with van der Waals surface area (Å²) in [5, 5.41) is 2.78. The molecule has 1 fully saturated rings. The quantitative estimate of drug-likeness (QED) is 0.841. The van der Waals surface area contributed by atoms with E-state index >= 15 is 0 Å². The molecule has 0 aromatic carbocycles. The van der Waals surface area contributed by atoms with Crippen LogP contribution in [0, 0.1) is 0 Å². The van der Waals surface area contributed by atoms with Gasteiger partial charge < -0.3 is 10.2 Å². The van der Waals surface area contributed by atoms with Crippen LogP contribution in [0.4, 0.5) is 0 Å². The highest BCUT2D eigenvalue weighted by molar-refractivity contribution is 9.10. The van der Waals surface area contributed by atoms with Gasteiger partial charge in [0, 0.05) is 23.8 Å². The number of rotatable bonds is 3. The van der Waals surface area contributed by atoms with E-state index in [2.05, 4.69) is 26.2 Å². The van der Waals surface area contributed by atoms with Crippen molar-refractivity contribution in [2.24, 2.45) is 0 Å². The molecule has 0 radical (unpaired) electrons. The lowest BCUT2D eigenvalue weighted by atomic mass is 10.2. The molecular formula is C13H15BrClN3O2. The SMILES string of the molecule is CC(NC(=O)c1cc(Br)cnc1Cl)C(=O)N1CCCC1. The zero-order valence-electron chi connectivity index (χ0n) is 11.0.